The van der Waals surface area contributed by atoms with Crippen LogP contribution in [0.25, 0.3) is 0 Å². The van der Waals surface area contributed by atoms with Gasteiger partial charge in [0.2, 0.25) is 5.82 Å². The number of nitro benzene ring substituents is 1. The van der Waals surface area contributed by atoms with Crippen molar-refractivity contribution < 1.29 is 23.6 Å². The van der Waals surface area contributed by atoms with Crippen LogP contribution >= 0.6 is 0 Å². The lowest BCUT2D eigenvalue weighted by molar-refractivity contribution is -0.387. The van der Waals surface area contributed by atoms with E-state index in [4.69, 9.17) is 4.74 Å². The summed E-state index contributed by atoms with van der Waals surface area (Å²) in [7, 11) is 0. The zero-order valence-electron chi connectivity index (χ0n) is 13.1. The molecule has 25 heavy (non-hydrogen) atoms. The predicted octanol–water partition coefficient (Wildman–Crippen LogP) is 2.84. The van der Waals surface area contributed by atoms with Crippen molar-refractivity contribution in [3.05, 3.63) is 69.5 Å². The largest absolute Gasteiger partial charge is 0.445 e. The lowest BCUT2D eigenvalue weighted by atomic mass is 9.89. The molecule has 8 heteroatoms. The number of hydrogen-bond donors (Lipinski definition) is 1. The molecule has 0 radical (unpaired) electrons. The summed E-state index contributed by atoms with van der Waals surface area (Å²) in [5.41, 5.74) is -1.14. The molecule has 3 rings (SSSR count). The molecule has 0 aromatic heterocycles. The van der Waals surface area contributed by atoms with Crippen molar-refractivity contribution in [1.29, 1.82) is 0 Å². The number of halogens is 1. The van der Waals surface area contributed by atoms with Crippen LogP contribution in [0.1, 0.15) is 22.8 Å². The van der Waals surface area contributed by atoms with Crippen molar-refractivity contribution >= 4 is 23.3 Å². The average Bonchev–Trinajstić information content (AvgIpc) is 2.56. The van der Waals surface area contributed by atoms with Gasteiger partial charge in [-0.05, 0) is 30.7 Å². The summed E-state index contributed by atoms with van der Waals surface area (Å²) in [6.45, 7) is 1.45. The molecule has 2 aromatic rings. The van der Waals surface area contributed by atoms with Gasteiger partial charge < -0.3 is 10.1 Å². The molecule has 0 spiro atoms. The van der Waals surface area contributed by atoms with Crippen LogP contribution < -0.4 is 5.32 Å². The number of rotatable bonds is 3. The van der Waals surface area contributed by atoms with Gasteiger partial charge in [0.1, 0.15) is 0 Å². The van der Waals surface area contributed by atoms with Crippen LogP contribution in [-0.4, -0.2) is 22.4 Å². The molecule has 0 aliphatic carbocycles. The number of nitrogens with one attached hydrogen (secondary N) is 1. The second-order valence-electron chi connectivity index (χ2n) is 5.83. The number of carbonyl (C=O) groups is 2. The second-order valence-corrected chi connectivity index (χ2v) is 5.83. The minimum absolute atomic E-state index is 0.0363. The maximum atomic E-state index is 13.4. The molecule has 1 aliphatic rings. The van der Waals surface area contributed by atoms with Crippen LogP contribution in [0, 0.1) is 15.9 Å². The van der Waals surface area contributed by atoms with Crippen molar-refractivity contribution in [2.45, 2.75) is 18.9 Å². The molecule has 1 unspecified atom stereocenters. The predicted molar refractivity (Wildman–Crippen MR) is 85.7 cm³/mol. The Morgan fingerprint density at radius 3 is 2.76 bits per heavy atom. The Bertz CT molecular complexity index is 898. The fourth-order valence-corrected chi connectivity index (χ4v) is 2.65. The maximum Gasteiger partial charge on any atom is 0.339 e. The minimum atomic E-state index is -1.48. The quantitative estimate of drug-likeness (QED) is 0.524. The van der Waals surface area contributed by atoms with E-state index in [1.165, 1.54) is 13.0 Å². The van der Waals surface area contributed by atoms with Gasteiger partial charge in [-0.1, -0.05) is 18.2 Å². The third-order valence-electron chi connectivity index (χ3n) is 3.96. The van der Waals surface area contributed by atoms with Gasteiger partial charge in [0.05, 0.1) is 10.5 Å². The molecule has 0 saturated heterocycles. The first-order valence-corrected chi connectivity index (χ1v) is 7.37. The van der Waals surface area contributed by atoms with Crippen molar-refractivity contribution in [3.8, 4) is 0 Å². The van der Waals surface area contributed by atoms with Gasteiger partial charge in [0, 0.05) is 18.2 Å². The van der Waals surface area contributed by atoms with E-state index in [0.717, 1.165) is 12.1 Å². The van der Waals surface area contributed by atoms with E-state index < -0.39 is 33.9 Å². The molecule has 1 atom stereocenters. The standard InChI is InChI=1S/C17H13FN2O5/c1-17(9-10-4-2-3-5-12(10)15(21)25-17)16(22)19-11-6-7-13(18)14(8-11)20(23)24/h2-8H,9H2,1H3,(H,19,22). The first kappa shape index (κ1) is 16.6. The molecule has 0 bridgehead atoms. The van der Waals surface area contributed by atoms with Gasteiger partial charge in [-0.15, -0.1) is 0 Å². The molecule has 0 fully saturated rings. The van der Waals surface area contributed by atoms with Gasteiger partial charge in [-0.3, -0.25) is 14.9 Å². The summed E-state index contributed by atoms with van der Waals surface area (Å²) < 4.78 is 18.7. The fraction of sp³-hybridized carbons (Fsp3) is 0.176. The first-order chi connectivity index (χ1) is 11.8. The molecular formula is C17H13FN2O5. The smallest absolute Gasteiger partial charge is 0.339 e. The SMILES string of the molecule is CC1(C(=O)Nc2ccc(F)c([N+](=O)[O-])c2)Cc2ccccc2C(=O)O1. The van der Waals surface area contributed by atoms with Crippen LogP contribution in [-0.2, 0) is 16.0 Å². The Morgan fingerprint density at radius 1 is 1.32 bits per heavy atom. The lowest BCUT2D eigenvalue weighted by Gasteiger charge is -2.33. The minimum Gasteiger partial charge on any atom is -0.445 e. The topological polar surface area (TPSA) is 98.5 Å². The van der Waals surface area contributed by atoms with E-state index >= 15 is 0 Å². The molecule has 1 amide bonds. The van der Waals surface area contributed by atoms with Crippen LogP contribution in [0.4, 0.5) is 15.8 Å². The van der Waals surface area contributed by atoms with Crippen LogP contribution in [0.3, 0.4) is 0 Å². The number of amides is 1. The van der Waals surface area contributed by atoms with Gasteiger partial charge >= 0.3 is 11.7 Å². The van der Waals surface area contributed by atoms with E-state index in [1.807, 2.05) is 0 Å². The fourth-order valence-electron chi connectivity index (χ4n) is 2.65. The Labute approximate surface area is 141 Å². The Morgan fingerprint density at radius 2 is 2.04 bits per heavy atom. The number of nitro groups is 1. The zero-order valence-corrected chi connectivity index (χ0v) is 13.1. The summed E-state index contributed by atoms with van der Waals surface area (Å²) in [6.07, 6.45) is 0.157. The van der Waals surface area contributed by atoms with E-state index in [9.17, 15) is 24.1 Å². The van der Waals surface area contributed by atoms with Crippen LogP contribution in [0.2, 0.25) is 0 Å². The maximum absolute atomic E-state index is 13.4. The molecule has 0 saturated carbocycles. The summed E-state index contributed by atoms with van der Waals surface area (Å²) in [6, 6.07) is 9.78. The number of nitrogens with zero attached hydrogens (tertiary/aromatic N) is 1. The normalized spacial score (nSPS) is 18.9. The van der Waals surface area contributed by atoms with Gasteiger partial charge in [-0.25, -0.2) is 4.79 Å². The Balaban J connectivity index is 1.86. The average molecular weight is 344 g/mol. The van der Waals surface area contributed by atoms with Gasteiger partial charge in [0.15, 0.2) is 5.60 Å². The summed E-state index contributed by atoms with van der Waals surface area (Å²) >= 11 is 0. The van der Waals surface area contributed by atoms with E-state index in [2.05, 4.69) is 5.32 Å². The summed E-state index contributed by atoms with van der Waals surface area (Å²) in [5.74, 6) is -2.28. The molecule has 1 heterocycles. The number of anilines is 1. The zero-order chi connectivity index (χ0) is 18.2. The number of hydrogen-bond acceptors (Lipinski definition) is 5. The third kappa shape index (κ3) is 3.06. The monoisotopic (exact) mass is 344 g/mol. The molecule has 128 valence electrons. The molecular weight excluding hydrogens is 331 g/mol. The van der Waals surface area contributed by atoms with Crippen LogP contribution in [0.5, 0.6) is 0 Å². The Hall–Kier alpha value is -3.29. The molecule has 2 aromatic carbocycles. The highest BCUT2D eigenvalue weighted by atomic mass is 19.1. The van der Waals surface area contributed by atoms with E-state index in [-0.39, 0.29) is 12.1 Å². The highest BCUT2D eigenvalue weighted by molar-refractivity contribution is 6.02. The number of cyclic esters (lactones) is 1. The Kier molecular flexibility index (Phi) is 3.96. The van der Waals surface area contributed by atoms with Crippen molar-refractivity contribution in [2.75, 3.05) is 5.32 Å². The van der Waals surface area contributed by atoms with Crippen LogP contribution in [0.15, 0.2) is 42.5 Å². The molecule has 7 nitrogen and oxygen atoms in total. The second kappa shape index (κ2) is 5.97. The highest BCUT2D eigenvalue weighted by Gasteiger charge is 2.42. The number of benzene rings is 2. The summed E-state index contributed by atoms with van der Waals surface area (Å²) in [5, 5.41) is 13.2. The number of carbonyl (C=O) groups excluding carboxylic acids is 2. The van der Waals surface area contributed by atoms with E-state index in [1.54, 1.807) is 24.3 Å². The molecule has 1 aliphatic heterocycles. The number of esters is 1. The van der Waals surface area contributed by atoms with Crippen molar-refractivity contribution in [3.63, 3.8) is 0 Å². The number of fused-ring (bicyclic) bond motifs is 1. The molecule has 1 N–H and O–H groups in total. The highest BCUT2D eigenvalue weighted by Crippen LogP contribution is 2.30. The first-order valence-electron chi connectivity index (χ1n) is 7.37. The third-order valence-corrected chi connectivity index (χ3v) is 3.96. The van der Waals surface area contributed by atoms with Gasteiger partial charge in [-0.2, -0.15) is 4.39 Å². The van der Waals surface area contributed by atoms with E-state index in [0.29, 0.717) is 11.1 Å². The van der Waals surface area contributed by atoms with Crippen molar-refractivity contribution in [2.24, 2.45) is 0 Å². The summed E-state index contributed by atoms with van der Waals surface area (Å²) in [4.78, 5) is 34.6. The number of ether oxygens (including phenoxy) is 1. The van der Waals surface area contributed by atoms with Crippen molar-refractivity contribution in [1.82, 2.24) is 0 Å². The lowest BCUT2D eigenvalue weighted by Crippen LogP contribution is -2.48. The van der Waals surface area contributed by atoms with Gasteiger partial charge in [0.25, 0.3) is 5.91 Å².